The molecule has 0 aliphatic heterocycles. The van der Waals surface area contributed by atoms with Crippen LogP contribution in [0.25, 0.3) is 11.1 Å². The minimum atomic E-state index is -0.0807. The van der Waals surface area contributed by atoms with Crippen molar-refractivity contribution in [2.24, 2.45) is 0 Å². The van der Waals surface area contributed by atoms with Crippen LogP contribution in [-0.2, 0) is 0 Å². The molecule has 0 spiro atoms. The third-order valence-corrected chi connectivity index (χ3v) is 6.64. The number of amides is 1. The van der Waals surface area contributed by atoms with Gasteiger partial charge in [0.1, 0.15) is 0 Å². The Balaban J connectivity index is 1.14. The summed E-state index contributed by atoms with van der Waals surface area (Å²) >= 11 is 0. The van der Waals surface area contributed by atoms with Gasteiger partial charge in [-0.05, 0) is 58.5 Å². The lowest BCUT2D eigenvalue weighted by molar-refractivity contribution is 0.102. The SMILES string of the molecule is O=C(Nc1ccc(C2CC2NC2c3ccccc3-c3ccccc32)cc1)c1ccccc1. The van der Waals surface area contributed by atoms with Crippen LogP contribution in [0.4, 0.5) is 5.69 Å². The van der Waals surface area contributed by atoms with Crippen LogP contribution in [0.1, 0.15) is 45.4 Å². The Hall–Kier alpha value is -3.69. The van der Waals surface area contributed by atoms with Gasteiger partial charge in [0.2, 0.25) is 0 Å². The van der Waals surface area contributed by atoms with Crippen molar-refractivity contribution in [3.05, 3.63) is 125 Å². The molecule has 2 aliphatic carbocycles. The molecule has 32 heavy (non-hydrogen) atoms. The van der Waals surface area contributed by atoms with Crippen LogP contribution in [0.5, 0.6) is 0 Å². The maximum absolute atomic E-state index is 12.4. The summed E-state index contributed by atoms with van der Waals surface area (Å²) in [5, 5.41) is 6.89. The molecule has 3 nitrogen and oxygen atoms in total. The van der Waals surface area contributed by atoms with Crippen molar-refractivity contribution in [3.63, 3.8) is 0 Å². The molecule has 4 aromatic rings. The van der Waals surface area contributed by atoms with Crippen molar-refractivity contribution < 1.29 is 4.79 Å². The van der Waals surface area contributed by atoms with Gasteiger partial charge >= 0.3 is 0 Å². The van der Waals surface area contributed by atoms with Crippen LogP contribution in [-0.4, -0.2) is 11.9 Å². The van der Waals surface area contributed by atoms with Crippen molar-refractivity contribution >= 4 is 11.6 Å². The van der Waals surface area contributed by atoms with Gasteiger partial charge < -0.3 is 10.6 Å². The molecule has 0 heterocycles. The second-order valence-electron chi connectivity index (χ2n) is 8.67. The van der Waals surface area contributed by atoms with E-state index in [2.05, 4.69) is 71.3 Å². The van der Waals surface area contributed by atoms with Crippen molar-refractivity contribution in [1.82, 2.24) is 5.32 Å². The molecule has 2 unspecified atom stereocenters. The van der Waals surface area contributed by atoms with Gasteiger partial charge in [0.05, 0.1) is 6.04 Å². The molecule has 0 aromatic heterocycles. The molecular weight excluding hydrogens is 392 g/mol. The molecule has 2 atom stereocenters. The normalized spacial score (nSPS) is 18.6. The molecule has 2 N–H and O–H groups in total. The number of carbonyl (C=O) groups is 1. The maximum atomic E-state index is 12.4. The number of benzene rings is 4. The molecule has 0 saturated heterocycles. The van der Waals surface area contributed by atoms with E-state index in [1.807, 2.05) is 42.5 Å². The first kappa shape index (κ1) is 19.0. The Kier molecular flexibility index (Phi) is 4.62. The predicted molar refractivity (Wildman–Crippen MR) is 129 cm³/mol. The van der Waals surface area contributed by atoms with Gasteiger partial charge in [-0.25, -0.2) is 0 Å². The molecule has 156 valence electrons. The summed E-state index contributed by atoms with van der Waals surface area (Å²) in [4.78, 5) is 12.4. The van der Waals surface area contributed by atoms with Gasteiger partial charge in [0.15, 0.2) is 0 Å². The number of fused-ring (bicyclic) bond motifs is 3. The molecule has 6 rings (SSSR count). The Labute approximate surface area is 188 Å². The summed E-state index contributed by atoms with van der Waals surface area (Å²) in [6.45, 7) is 0. The first-order valence-corrected chi connectivity index (χ1v) is 11.2. The van der Waals surface area contributed by atoms with E-state index in [4.69, 9.17) is 0 Å². The number of rotatable bonds is 5. The highest BCUT2D eigenvalue weighted by Crippen LogP contribution is 2.48. The van der Waals surface area contributed by atoms with Crippen molar-refractivity contribution in [2.75, 3.05) is 5.32 Å². The summed E-state index contributed by atoms with van der Waals surface area (Å²) in [6, 6.07) is 35.8. The van der Waals surface area contributed by atoms with Gasteiger partial charge in [-0.15, -0.1) is 0 Å². The number of hydrogen-bond donors (Lipinski definition) is 2. The van der Waals surface area contributed by atoms with E-state index in [0.717, 1.165) is 12.1 Å². The summed E-state index contributed by atoms with van der Waals surface area (Å²) < 4.78 is 0. The molecule has 4 aromatic carbocycles. The zero-order valence-electron chi connectivity index (χ0n) is 17.7. The number of anilines is 1. The fraction of sp³-hybridized carbons (Fsp3) is 0.138. The second-order valence-corrected chi connectivity index (χ2v) is 8.67. The van der Waals surface area contributed by atoms with E-state index in [0.29, 0.717) is 17.5 Å². The molecule has 2 aliphatic rings. The highest BCUT2D eigenvalue weighted by atomic mass is 16.1. The largest absolute Gasteiger partial charge is 0.322 e. The Morgan fingerprint density at radius 1 is 0.688 bits per heavy atom. The molecule has 3 heteroatoms. The fourth-order valence-electron chi connectivity index (χ4n) is 4.90. The summed E-state index contributed by atoms with van der Waals surface area (Å²) in [5.41, 5.74) is 8.25. The Morgan fingerprint density at radius 2 is 1.28 bits per heavy atom. The zero-order chi connectivity index (χ0) is 21.5. The summed E-state index contributed by atoms with van der Waals surface area (Å²) in [7, 11) is 0. The topological polar surface area (TPSA) is 41.1 Å². The third-order valence-electron chi connectivity index (χ3n) is 6.64. The van der Waals surface area contributed by atoms with Crippen molar-refractivity contribution in [3.8, 4) is 11.1 Å². The Morgan fingerprint density at radius 3 is 1.94 bits per heavy atom. The standard InChI is InChI=1S/C29H24N2O/c32-29(20-8-2-1-3-9-20)30-21-16-14-19(15-17-21)26-18-27(26)31-28-24-12-6-4-10-22(24)23-11-5-7-13-25(23)28/h1-17,26-28,31H,18H2,(H,30,32). The number of nitrogens with one attached hydrogen (secondary N) is 2. The minimum absolute atomic E-state index is 0.0807. The molecule has 1 saturated carbocycles. The Bertz CT molecular complexity index is 1230. The van der Waals surface area contributed by atoms with E-state index >= 15 is 0 Å². The zero-order valence-corrected chi connectivity index (χ0v) is 17.7. The molecule has 0 bridgehead atoms. The molecule has 1 amide bonds. The average molecular weight is 417 g/mol. The number of hydrogen-bond acceptors (Lipinski definition) is 2. The van der Waals surface area contributed by atoms with Crippen LogP contribution in [0.2, 0.25) is 0 Å². The van der Waals surface area contributed by atoms with Gasteiger partial charge in [0.25, 0.3) is 5.91 Å². The first-order chi connectivity index (χ1) is 15.8. The highest BCUT2D eigenvalue weighted by Gasteiger charge is 2.41. The van der Waals surface area contributed by atoms with Crippen LogP contribution in [0.15, 0.2) is 103 Å². The lowest BCUT2D eigenvalue weighted by Crippen LogP contribution is -2.23. The summed E-state index contributed by atoms with van der Waals surface area (Å²) in [5.74, 6) is 0.427. The lowest BCUT2D eigenvalue weighted by Gasteiger charge is -2.16. The average Bonchev–Trinajstić information content (AvgIpc) is 3.56. The van der Waals surface area contributed by atoms with Crippen LogP contribution in [0.3, 0.4) is 0 Å². The van der Waals surface area contributed by atoms with E-state index in [-0.39, 0.29) is 11.9 Å². The lowest BCUT2D eigenvalue weighted by atomic mass is 10.0. The molecule has 0 radical (unpaired) electrons. The highest BCUT2D eigenvalue weighted by molar-refractivity contribution is 6.04. The van der Waals surface area contributed by atoms with E-state index < -0.39 is 0 Å². The summed E-state index contributed by atoms with van der Waals surface area (Å²) in [6.07, 6.45) is 1.14. The molecular formula is C29H24N2O. The number of carbonyl (C=O) groups excluding carboxylic acids is 1. The van der Waals surface area contributed by atoms with Gasteiger partial charge in [-0.1, -0.05) is 78.9 Å². The van der Waals surface area contributed by atoms with E-state index in [9.17, 15) is 4.79 Å². The fourth-order valence-corrected chi connectivity index (χ4v) is 4.90. The van der Waals surface area contributed by atoms with Crippen LogP contribution >= 0.6 is 0 Å². The van der Waals surface area contributed by atoms with Gasteiger partial charge in [-0.3, -0.25) is 4.79 Å². The van der Waals surface area contributed by atoms with Crippen LogP contribution in [0, 0.1) is 0 Å². The first-order valence-electron chi connectivity index (χ1n) is 11.2. The van der Waals surface area contributed by atoms with Gasteiger partial charge in [-0.2, -0.15) is 0 Å². The monoisotopic (exact) mass is 416 g/mol. The van der Waals surface area contributed by atoms with Crippen LogP contribution < -0.4 is 10.6 Å². The van der Waals surface area contributed by atoms with Gasteiger partial charge in [0, 0.05) is 23.2 Å². The smallest absolute Gasteiger partial charge is 0.255 e. The van der Waals surface area contributed by atoms with Crippen molar-refractivity contribution in [2.45, 2.75) is 24.4 Å². The maximum Gasteiger partial charge on any atom is 0.255 e. The van der Waals surface area contributed by atoms with E-state index in [1.165, 1.54) is 27.8 Å². The van der Waals surface area contributed by atoms with Crippen molar-refractivity contribution in [1.29, 1.82) is 0 Å². The predicted octanol–water partition coefficient (Wildman–Crippen LogP) is 6.15. The minimum Gasteiger partial charge on any atom is -0.322 e. The van der Waals surface area contributed by atoms with E-state index in [1.54, 1.807) is 0 Å². The quantitative estimate of drug-likeness (QED) is 0.409. The second kappa shape index (κ2) is 7.77. The molecule has 1 fully saturated rings. The third kappa shape index (κ3) is 3.41.